The second kappa shape index (κ2) is 12.6. The molecule has 0 aromatic heterocycles. The van der Waals surface area contributed by atoms with E-state index in [1.807, 2.05) is 31.2 Å². The number of thioether (sulfide) groups is 1. The number of nitrogens with one attached hydrogen (secondary N) is 1. The van der Waals surface area contributed by atoms with Gasteiger partial charge in [0.2, 0.25) is 18.6 Å². The highest BCUT2D eigenvalue weighted by Crippen LogP contribution is 2.52. The van der Waals surface area contributed by atoms with E-state index in [1.165, 1.54) is 16.7 Å². The highest BCUT2D eigenvalue weighted by Gasteiger charge is 2.60. The number of hydrogen-bond donors (Lipinski definition) is 2. The van der Waals surface area contributed by atoms with Crippen LogP contribution in [0.2, 0.25) is 0 Å². The Hall–Kier alpha value is -3.09. The smallest absolute Gasteiger partial charge is 0.426 e. The Labute approximate surface area is 249 Å². The van der Waals surface area contributed by atoms with E-state index in [4.69, 9.17) is 14.2 Å². The quantitative estimate of drug-likeness (QED) is 0.198. The minimum Gasteiger partial charge on any atom is -0.426 e. The average Bonchev–Trinajstić information content (AvgIpc) is 3.43. The summed E-state index contributed by atoms with van der Waals surface area (Å²) in [4.78, 5) is 55.0. The Morgan fingerprint density at radius 2 is 1.95 bits per heavy atom. The number of ether oxygens (including phenoxy) is 3. The Morgan fingerprint density at radius 1 is 1.19 bits per heavy atom. The zero-order valence-corrected chi connectivity index (χ0v) is 25.2. The highest BCUT2D eigenvalue weighted by atomic mass is 32.2. The topological polar surface area (TPSA) is 135 Å². The van der Waals surface area contributed by atoms with Crippen LogP contribution in [0.15, 0.2) is 34.9 Å². The molecular weight excluding hydrogens is 562 g/mol. The lowest BCUT2D eigenvalue weighted by atomic mass is 9.79. The van der Waals surface area contributed by atoms with Crippen LogP contribution in [0.1, 0.15) is 56.8 Å². The number of nitrogens with zero attached hydrogens (tertiary/aromatic N) is 2. The van der Waals surface area contributed by atoms with Gasteiger partial charge in [0, 0.05) is 36.7 Å². The van der Waals surface area contributed by atoms with Gasteiger partial charge in [-0.3, -0.25) is 9.59 Å². The van der Waals surface area contributed by atoms with Crippen molar-refractivity contribution in [1.82, 2.24) is 15.1 Å². The molecule has 228 valence electrons. The molecule has 0 spiro atoms. The summed E-state index contributed by atoms with van der Waals surface area (Å²) < 4.78 is 16.1. The Bertz CT molecular complexity index is 1270. The Balaban J connectivity index is 1.24. The first-order chi connectivity index (χ1) is 20.1. The SMILES string of the molecule is C[C@@H](O)[C@H]1C(=O)N2C(C(=O)OCOC(=O)O[C@@H]3CCCCc4ccccc43)=C(S[C@@H]3CN[C@H](C(=O)N(C)C)C3)[C@H](C)[C@H]12. The number of aliphatic hydroxyl groups is 1. The van der Waals surface area contributed by atoms with Gasteiger partial charge in [-0.05, 0) is 50.2 Å². The zero-order valence-electron chi connectivity index (χ0n) is 24.4. The number of fused-ring (bicyclic) bond motifs is 2. The summed E-state index contributed by atoms with van der Waals surface area (Å²) in [6.07, 6.45) is 1.84. The maximum absolute atomic E-state index is 13.4. The fourth-order valence-corrected chi connectivity index (χ4v) is 7.97. The fourth-order valence-electron chi connectivity index (χ4n) is 6.49. The van der Waals surface area contributed by atoms with Crippen molar-refractivity contribution in [2.75, 3.05) is 27.4 Å². The Morgan fingerprint density at radius 3 is 2.69 bits per heavy atom. The molecule has 12 heteroatoms. The number of aliphatic hydroxyl groups excluding tert-OH is 1. The molecule has 2 fully saturated rings. The van der Waals surface area contributed by atoms with Gasteiger partial charge in [-0.1, -0.05) is 31.2 Å². The summed E-state index contributed by atoms with van der Waals surface area (Å²) in [5, 5.41) is 13.5. The van der Waals surface area contributed by atoms with Gasteiger partial charge in [0.05, 0.1) is 24.1 Å². The van der Waals surface area contributed by atoms with Crippen molar-refractivity contribution >= 4 is 35.7 Å². The number of likely N-dealkylation sites (N-methyl/N-ethyl adjacent to an activating group) is 1. The third-order valence-corrected chi connectivity index (χ3v) is 10.1. The van der Waals surface area contributed by atoms with E-state index >= 15 is 0 Å². The minimum atomic E-state index is -0.937. The average molecular weight is 602 g/mol. The maximum Gasteiger partial charge on any atom is 0.511 e. The molecule has 7 atom stereocenters. The molecule has 3 aliphatic heterocycles. The minimum absolute atomic E-state index is 0.00775. The van der Waals surface area contributed by atoms with Gasteiger partial charge in [-0.25, -0.2) is 9.59 Å². The largest absolute Gasteiger partial charge is 0.511 e. The van der Waals surface area contributed by atoms with E-state index in [9.17, 15) is 24.3 Å². The van der Waals surface area contributed by atoms with E-state index in [1.54, 1.807) is 25.9 Å². The van der Waals surface area contributed by atoms with Crippen LogP contribution >= 0.6 is 11.8 Å². The fraction of sp³-hybridized carbons (Fsp3) is 0.600. The van der Waals surface area contributed by atoms with Gasteiger partial charge in [0.1, 0.15) is 11.8 Å². The van der Waals surface area contributed by atoms with Crippen LogP contribution in [0.25, 0.3) is 0 Å². The number of carbonyl (C=O) groups is 4. The number of aryl methyl sites for hydroxylation is 1. The van der Waals surface area contributed by atoms with Crippen LogP contribution in [0.3, 0.4) is 0 Å². The summed E-state index contributed by atoms with van der Waals surface area (Å²) in [5.41, 5.74) is 2.21. The van der Waals surface area contributed by atoms with Crippen LogP contribution < -0.4 is 5.32 Å². The van der Waals surface area contributed by atoms with E-state index in [0.717, 1.165) is 30.4 Å². The molecule has 2 saturated heterocycles. The van der Waals surface area contributed by atoms with E-state index < -0.39 is 37.0 Å². The summed E-state index contributed by atoms with van der Waals surface area (Å²) in [5.74, 6) is -2.00. The Kier molecular flexibility index (Phi) is 9.14. The first kappa shape index (κ1) is 30.4. The number of rotatable bonds is 8. The van der Waals surface area contributed by atoms with Crippen molar-refractivity contribution in [2.45, 2.75) is 75.5 Å². The van der Waals surface area contributed by atoms with Crippen molar-refractivity contribution in [3.8, 4) is 0 Å². The van der Waals surface area contributed by atoms with Crippen LogP contribution in [-0.2, 0) is 35.0 Å². The molecule has 2 amide bonds. The van der Waals surface area contributed by atoms with Crippen molar-refractivity contribution in [2.24, 2.45) is 11.8 Å². The summed E-state index contributed by atoms with van der Waals surface area (Å²) in [6, 6.07) is 7.15. The number of β-lactam (4-membered cyclic amide) rings is 1. The van der Waals surface area contributed by atoms with E-state index in [2.05, 4.69) is 5.32 Å². The zero-order chi connectivity index (χ0) is 30.1. The lowest BCUT2D eigenvalue weighted by Gasteiger charge is -2.46. The van der Waals surface area contributed by atoms with E-state index in [0.29, 0.717) is 24.3 Å². The molecule has 2 N–H and O–H groups in total. The summed E-state index contributed by atoms with van der Waals surface area (Å²) in [7, 11) is 3.42. The van der Waals surface area contributed by atoms with E-state index in [-0.39, 0.29) is 40.8 Å². The lowest BCUT2D eigenvalue weighted by Crippen LogP contribution is -2.63. The van der Waals surface area contributed by atoms with Crippen molar-refractivity contribution in [3.63, 3.8) is 0 Å². The van der Waals surface area contributed by atoms with Crippen LogP contribution in [0.4, 0.5) is 4.79 Å². The molecule has 0 bridgehead atoms. The molecule has 1 aromatic carbocycles. The number of amides is 2. The number of benzene rings is 1. The molecule has 4 aliphatic rings. The number of hydrogen-bond acceptors (Lipinski definition) is 10. The van der Waals surface area contributed by atoms with Crippen molar-refractivity contribution in [1.29, 1.82) is 0 Å². The third-order valence-electron chi connectivity index (χ3n) is 8.59. The first-order valence-electron chi connectivity index (χ1n) is 14.5. The predicted molar refractivity (Wildman–Crippen MR) is 154 cm³/mol. The van der Waals surface area contributed by atoms with Crippen LogP contribution in [0.5, 0.6) is 0 Å². The number of carbonyl (C=O) groups excluding carboxylic acids is 4. The second-order valence-corrected chi connectivity index (χ2v) is 13.0. The maximum atomic E-state index is 13.4. The monoisotopic (exact) mass is 601 g/mol. The van der Waals surface area contributed by atoms with Crippen LogP contribution in [0, 0.1) is 11.8 Å². The molecule has 1 aromatic rings. The normalized spacial score (nSPS) is 29.2. The molecular formula is C30H39N3O8S. The van der Waals surface area contributed by atoms with Crippen LogP contribution in [-0.4, -0.2) is 89.7 Å². The van der Waals surface area contributed by atoms with Crippen molar-refractivity contribution < 1.29 is 38.5 Å². The summed E-state index contributed by atoms with van der Waals surface area (Å²) >= 11 is 1.45. The molecule has 3 heterocycles. The molecule has 0 radical (unpaired) electrons. The van der Waals surface area contributed by atoms with Gasteiger partial charge < -0.3 is 34.4 Å². The molecule has 11 nitrogen and oxygen atoms in total. The second-order valence-electron chi connectivity index (χ2n) is 11.6. The standard InChI is InChI=1S/C30H39N3O8S/c1-16-24-23(17(2)34)28(36)33(24)25(26(16)42-19-13-21(31-14-19)27(35)32(3)4)29(37)39-15-40-30(38)41-22-12-8-6-10-18-9-5-7-11-20(18)22/h5,7,9,11,16-17,19,21-24,31,34H,6,8,10,12-15H2,1-4H3/t16-,17-,19+,21+,22-,23-,24-/m1/s1. The molecule has 0 unspecified atom stereocenters. The number of esters is 1. The van der Waals surface area contributed by atoms with Gasteiger partial charge in [-0.2, -0.15) is 0 Å². The molecule has 42 heavy (non-hydrogen) atoms. The highest BCUT2D eigenvalue weighted by molar-refractivity contribution is 8.03. The molecule has 5 rings (SSSR count). The van der Waals surface area contributed by atoms with Gasteiger partial charge in [0.25, 0.3) is 0 Å². The van der Waals surface area contributed by atoms with Gasteiger partial charge >= 0.3 is 12.1 Å². The van der Waals surface area contributed by atoms with Gasteiger partial charge in [0.15, 0.2) is 0 Å². The summed E-state index contributed by atoms with van der Waals surface area (Å²) in [6.45, 7) is 3.38. The first-order valence-corrected chi connectivity index (χ1v) is 15.4. The third kappa shape index (κ3) is 5.89. The predicted octanol–water partition coefficient (Wildman–Crippen LogP) is 2.73. The lowest BCUT2D eigenvalue weighted by molar-refractivity contribution is -0.167. The molecule has 0 saturated carbocycles. The van der Waals surface area contributed by atoms with Gasteiger partial charge in [-0.15, -0.1) is 11.8 Å². The van der Waals surface area contributed by atoms with Crippen molar-refractivity contribution in [3.05, 3.63) is 46.0 Å². The molecule has 1 aliphatic carbocycles.